The first-order chi connectivity index (χ1) is 7.13. The van der Waals surface area contributed by atoms with E-state index in [4.69, 9.17) is 17.3 Å². The van der Waals surface area contributed by atoms with Crippen LogP contribution in [0.15, 0.2) is 12.1 Å². The van der Waals surface area contributed by atoms with Crippen molar-refractivity contribution in [3.63, 3.8) is 0 Å². The first-order valence-electron chi connectivity index (χ1n) is 4.11. The van der Waals surface area contributed by atoms with Crippen molar-refractivity contribution < 1.29 is 9.53 Å². The summed E-state index contributed by atoms with van der Waals surface area (Å²) in [6.45, 7) is 0. The van der Waals surface area contributed by atoms with Gasteiger partial charge < -0.3 is 10.5 Å². The zero-order chi connectivity index (χ0) is 11.3. The number of rotatable bonds is 1. The Balaban J connectivity index is 2.79. The van der Waals surface area contributed by atoms with E-state index in [0.717, 1.165) is 0 Å². The van der Waals surface area contributed by atoms with E-state index in [1.807, 2.05) is 0 Å². The Morgan fingerprint density at radius 3 is 3.07 bits per heavy atom. The van der Waals surface area contributed by atoms with Crippen LogP contribution in [0.2, 0.25) is 5.15 Å². The highest BCUT2D eigenvalue weighted by atomic mass is 35.5. The zero-order valence-corrected chi connectivity index (χ0v) is 8.84. The molecule has 0 atom stereocenters. The molecule has 1 heterocycles. The molecule has 1 aromatic rings. The zero-order valence-electron chi connectivity index (χ0n) is 8.08. The fraction of sp³-hybridized carbons (Fsp3) is 0.200. The third-order valence-corrected chi connectivity index (χ3v) is 1.77. The average Bonchev–Trinajstić information content (AvgIpc) is 2.23. The number of methoxy groups -OCH3 is 1. The van der Waals surface area contributed by atoms with E-state index in [9.17, 15) is 4.79 Å². The quantitative estimate of drug-likeness (QED) is 0.443. The molecule has 0 saturated heterocycles. The second-order valence-electron chi connectivity index (χ2n) is 2.63. The van der Waals surface area contributed by atoms with Gasteiger partial charge in [0.1, 0.15) is 17.3 Å². The van der Waals surface area contributed by atoms with Crippen LogP contribution in [0.3, 0.4) is 0 Å². The van der Waals surface area contributed by atoms with Gasteiger partial charge in [-0.2, -0.15) is 0 Å². The molecule has 0 bridgehead atoms. The van der Waals surface area contributed by atoms with Gasteiger partial charge in [0, 0.05) is 0 Å². The molecular formula is C10H9ClN2O2. The molecule has 1 rings (SSSR count). The summed E-state index contributed by atoms with van der Waals surface area (Å²) in [5.41, 5.74) is 6.39. The van der Waals surface area contributed by atoms with Gasteiger partial charge in [-0.05, 0) is 18.1 Å². The smallest absolute Gasteiger partial charge is 0.317 e. The van der Waals surface area contributed by atoms with E-state index in [0.29, 0.717) is 16.5 Å². The number of nitrogen functional groups attached to an aromatic ring is 1. The standard InChI is InChI=1S/C10H9ClN2O2/c1-15-10(14)4-2-3-8-7(12)5-6-9(11)13-8/h5-6H,4,12H2,1H3. The Morgan fingerprint density at radius 2 is 2.40 bits per heavy atom. The Labute approximate surface area is 92.4 Å². The summed E-state index contributed by atoms with van der Waals surface area (Å²) in [7, 11) is 1.30. The molecule has 78 valence electrons. The van der Waals surface area contributed by atoms with E-state index in [2.05, 4.69) is 21.6 Å². The lowest BCUT2D eigenvalue weighted by molar-refractivity contribution is -0.139. The van der Waals surface area contributed by atoms with Crippen LogP contribution in [0.4, 0.5) is 5.69 Å². The van der Waals surface area contributed by atoms with Gasteiger partial charge in [-0.15, -0.1) is 0 Å². The maximum absolute atomic E-state index is 10.8. The number of hydrogen-bond acceptors (Lipinski definition) is 4. The second-order valence-corrected chi connectivity index (χ2v) is 3.01. The normalized spacial score (nSPS) is 8.93. The van der Waals surface area contributed by atoms with Crippen LogP contribution in [0.25, 0.3) is 0 Å². The fourth-order valence-electron chi connectivity index (χ4n) is 0.818. The number of pyridine rings is 1. The number of nitrogens with zero attached hydrogens (tertiary/aromatic N) is 1. The number of esters is 1. The third kappa shape index (κ3) is 3.49. The average molecular weight is 225 g/mol. The number of nitrogens with two attached hydrogens (primary N) is 1. The molecule has 0 amide bonds. The SMILES string of the molecule is COC(=O)CC#Cc1nc(Cl)ccc1N. The van der Waals surface area contributed by atoms with Crippen molar-refractivity contribution in [3.8, 4) is 11.8 Å². The van der Waals surface area contributed by atoms with Crippen LogP contribution in [0, 0.1) is 11.8 Å². The van der Waals surface area contributed by atoms with Crippen LogP contribution in [-0.2, 0) is 9.53 Å². The minimum atomic E-state index is -0.400. The minimum absolute atomic E-state index is 0.00410. The van der Waals surface area contributed by atoms with Crippen molar-refractivity contribution in [3.05, 3.63) is 23.0 Å². The Bertz CT molecular complexity index is 435. The first-order valence-corrected chi connectivity index (χ1v) is 4.49. The van der Waals surface area contributed by atoms with Crippen molar-refractivity contribution in [2.75, 3.05) is 12.8 Å². The molecule has 4 nitrogen and oxygen atoms in total. The van der Waals surface area contributed by atoms with Crippen LogP contribution in [0.1, 0.15) is 12.1 Å². The Hall–Kier alpha value is -1.73. The third-order valence-electron chi connectivity index (χ3n) is 1.56. The van der Waals surface area contributed by atoms with Gasteiger partial charge in [-0.1, -0.05) is 17.5 Å². The summed E-state index contributed by atoms with van der Waals surface area (Å²) in [4.78, 5) is 14.7. The molecule has 1 aromatic heterocycles. The first kappa shape index (κ1) is 11.3. The van der Waals surface area contributed by atoms with E-state index < -0.39 is 5.97 Å². The van der Waals surface area contributed by atoms with Crippen LogP contribution in [0.5, 0.6) is 0 Å². The molecule has 5 heteroatoms. The van der Waals surface area contributed by atoms with E-state index in [-0.39, 0.29) is 6.42 Å². The number of carbonyl (C=O) groups excluding carboxylic acids is 1. The molecule has 0 aliphatic carbocycles. The summed E-state index contributed by atoms with van der Waals surface area (Å²) >= 11 is 5.66. The molecule has 0 unspecified atom stereocenters. The van der Waals surface area contributed by atoms with E-state index in [1.54, 1.807) is 12.1 Å². The predicted octanol–water partition coefficient (Wildman–Crippen LogP) is 1.23. The second kappa shape index (κ2) is 5.23. The number of carbonyl (C=O) groups is 1. The minimum Gasteiger partial charge on any atom is -0.468 e. The summed E-state index contributed by atoms with van der Waals surface area (Å²) < 4.78 is 4.42. The van der Waals surface area contributed by atoms with Crippen molar-refractivity contribution in [2.24, 2.45) is 0 Å². The Kier molecular flexibility index (Phi) is 3.95. The van der Waals surface area contributed by atoms with Gasteiger partial charge in [-0.3, -0.25) is 4.79 Å². The maximum atomic E-state index is 10.8. The van der Waals surface area contributed by atoms with Crippen molar-refractivity contribution in [1.29, 1.82) is 0 Å². The monoisotopic (exact) mass is 224 g/mol. The summed E-state index contributed by atoms with van der Waals surface area (Å²) in [6.07, 6.45) is 0.00410. The summed E-state index contributed by atoms with van der Waals surface area (Å²) in [5.74, 6) is 4.84. The van der Waals surface area contributed by atoms with Crippen molar-refractivity contribution in [2.45, 2.75) is 6.42 Å². The van der Waals surface area contributed by atoms with Gasteiger partial charge in [0.2, 0.25) is 0 Å². The molecule has 0 aromatic carbocycles. The van der Waals surface area contributed by atoms with Crippen LogP contribution in [-0.4, -0.2) is 18.1 Å². The predicted molar refractivity (Wildman–Crippen MR) is 57.2 cm³/mol. The lowest BCUT2D eigenvalue weighted by atomic mass is 10.3. The van der Waals surface area contributed by atoms with Crippen molar-refractivity contribution in [1.82, 2.24) is 4.98 Å². The molecule has 15 heavy (non-hydrogen) atoms. The van der Waals surface area contributed by atoms with E-state index in [1.165, 1.54) is 7.11 Å². The number of ether oxygens (including phenoxy) is 1. The van der Waals surface area contributed by atoms with Gasteiger partial charge in [0.05, 0.1) is 12.8 Å². The van der Waals surface area contributed by atoms with Crippen LogP contribution < -0.4 is 5.73 Å². The summed E-state index contributed by atoms with van der Waals surface area (Å²) in [6, 6.07) is 3.18. The number of anilines is 1. The highest BCUT2D eigenvalue weighted by molar-refractivity contribution is 6.29. The van der Waals surface area contributed by atoms with Gasteiger partial charge >= 0.3 is 5.97 Å². The topological polar surface area (TPSA) is 65.2 Å². The van der Waals surface area contributed by atoms with E-state index >= 15 is 0 Å². The number of hydrogen-bond donors (Lipinski definition) is 1. The van der Waals surface area contributed by atoms with Gasteiger partial charge in [0.15, 0.2) is 0 Å². The van der Waals surface area contributed by atoms with Crippen molar-refractivity contribution >= 4 is 23.3 Å². The number of halogens is 1. The highest BCUT2D eigenvalue weighted by Crippen LogP contribution is 2.11. The summed E-state index contributed by atoms with van der Waals surface area (Å²) in [5, 5.41) is 0.312. The molecule has 0 spiro atoms. The fourth-order valence-corrected chi connectivity index (χ4v) is 0.966. The highest BCUT2D eigenvalue weighted by Gasteiger charge is 1.98. The largest absolute Gasteiger partial charge is 0.468 e. The molecule has 0 aliphatic rings. The number of aromatic nitrogens is 1. The van der Waals surface area contributed by atoms with Crippen LogP contribution >= 0.6 is 11.6 Å². The molecule has 0 radical (unpaired) electrons. The lowest BCUT2D eigenvalue weighted by Gasteiger charge is -1.96. The van der Waals surface area contributed by atoms with Gasteiger partial charge in [0.25, 0.3) is 0 Å². The molecule has 0 aliphatic heterocycles. The lowest BCUT2D eigenvalue weighted by Crippen LogP contribution is -1.98. The molecular weight excluding hydrogens is 216 g/mol. The molecule has 0 saturated carbocycles. The molecule has 2 N–H and O–H groups in total. The molecule has 0 fully saturated rings. The van der Waals surface area contributed by atoms with Gasteiger partial charge in [-0.25, -0.2) is 4.98 Å². The maximum Gasteiger partial charge on any atom is 0.317 e. The Morgan fingerprint density at radius 1 is 1.67 bits per heavy atom.